The molecule has 1 saturated heterocycles. The van der Waals surface area contributed by atoms with Crippen LogP contribution in [-0.2, 0) is 9.31 Å². The molecule has 1 atom stereocenters. The Balaban J connectivity index is 1.32. The molecule has 0 amide bonds. The van der Waals surface area contributed by atoms with Crippen LogP contribution in [0.1, 0.15) is 76.8 Å². The highest BCUT2D eigenvalue weighted by Gasteiger charge is 2.54. The molecule has 2 nitrogen and oxygen atoms in total. The van der Waals surface area contributed by atoms with Gasteiger partial charge in [0.1, 0.15) is 0 Å². The molecule has 6 aliphatic rings. The third-order valence-electron chi connectivity index (χ3n) is 10.2. The quantitative estimate of drug-likeness (QED) is 0.535. The first-order chi connectivity index (χ1) is 15.3. The molecule has 4 bridgehead atoms. The van der Waals surface area contributed by atoms with Gasteiger partial charge in [-0.15, -0.1) is 0 Å². The van der Waals surface area contributed by atoms with Gasteiger partial charge >= 0.3 is 7.12 Å². The molecule has 8 rings (SSSR count). The van der Waals surface area contributed by atoms with Gasteiger partial charge in [-0.1, -0.05) is 42.5 Å². The van der Waals surface area contributed by atoms with Crippen LogP contribution in [0.15, 0.2) is 42.5 Å². The summed E-state index contributed by atoms with van der Waals surface area (Å²) >= 11 is 0. The Bertz CT molecular complexity index is 1040. The first-order valence-corrected chi connectivity index (χ1v) is 12.9. The van der Waals surface area contributed by atoms with Crippen LogP contribution < -0.4 is 5.46 Å². The summed E-state index contributed by atoms with van der Waals surface area (Å²) in [5.74, 6) is 5.20. The predicted octanol–water partition coefficient (Wildman–Crippen LogP) is 6.17. The second-order valence-corrected chi connectivity index (χ2v) is 12.5. The van der Waals surface area contributed by atoms with Crippen LogP contribution in [0, 0.1) is 29.6 Å². The van der Waals surface area contributed by atoms with Crippen molar-refractivity contribution in [3.8, 4) is 11.1 Å². The normalized spacial score (nSPS) is 37.6. The average molecular weight is 426 g/mol. The van der Waals surface area contributed by atoms with Gasteiger partial charge < -0.3 is 9.31 Å². The van der Waals surface area contributed by atoms with Crippen molar-refractivity contribution in [3.63, 3.8) is 0 Å². The maximum Gasteiger partial charge on any atom is 0.494 e. The van der Waals surface area contributed by atoms with Crippen LogP contribution >= 0.6 is 0 Å². The van der Waals surface area contributed by atoms with Crippen LogP contribution in [-0.4, -0.2) is 18.3 Å². The minimum absolute atomic E-state index is 0.284. The van der Waals surface area contributed by atoms with Crippen LogP contribution in [0.2, 0.25) is 0 Å². The van der Waals surface area contributed by atoms with Crippen molar-refractivity contribution in [2.75, 3.05) is 0 Å². The van der Waals surface area contributed by atoms with E-state index in [9.17, 15) is 0 Å². The summed E-state index contributed by atoms with van der Waals surface area (Å²) in [6.45, 7) is 8.59. The lowest BCUT2D eigenvalue weighted by Crippen LogP contribution is -2.47. The summed E-state index contributed by atoms with van der Waals surface area (Å²) in [6, 6.07) is 16.3. The Morgan fingerprint density at radius 3 is 1.97 bits per heavy atom. The van der Waals surface area contributed by atoms with E-state index in [0.717, 1.165) is 29.6 Å². The molecule has 32 heavy (non-hydrogen) atoms. The Morgan fingerprint density at radius 2 is 1.31 bits per heavy atom. The summed E-state index contributed by atoms with van der Waals surface area (Å²) in [5.41, 5.74) is 6.59. The monoisotopic (exact) mass is 426 g/mol. The smallest absolute Gasteiger partial charge is 0.399 e. The second-order valence-electron chi connectivity index (χ2n) is 12.5. The molecule has 2 aromatic carbocycles. The molecule has 5 aliphatic carbocycles. The molecule has 0 aromatic heterocycles. The highest BCUT2D eigenvalue weighted by atomic mass is 16.7. The van der Waals surface area contributed by atoms with Gasteiger partial charge in [0, 0.05) is 5.92 Å². The zero-order valence-corrected chi connectivity index (χ0v) is 19.9. The van der Waals surface area contributed by atoms with E-state index in [2.05, 4.69) is 70.2 Å². The number of rotatable bonds is 2. The van der Waals surface area contributed by atoms with Gasteiger partial charge in [0.25, 0.3) is 0 Å². The largest absolute Gasteiger partial charge is 0.494 e. The van der Waals surface area contributed by atoms with Crippen molar-refractivity contribution in [1.29, 1.82) is 0 Å². The summed E-state index contributed by atoms with van der Waals surface area (Å²) < 4.78 is 12.9. The number of hydrogen-bond donors (Lipinski definition) is 0. The zero-order valence-electron chi connectivity index (χ0n) is 19.9. The van der Waals surface area contributed by atoms with E-state index in [4.69, 9.17) is 9.31 Å². The SMILES string of the molecule is CC1(C)OB(c2ccc3c(c2)C(C2C4CC5CC(C4)CC2C5)c2ccccc2-3)OC1(C)C. The minimum Gasteiger partial charge on any atom is -0.399 e. The van der Waals surface area contributed by atoms with Gasteiger partial charge in [0.2, 0.25) is 0 Å². The molecule has 1 unspecified atom stereocenters. The Morgan fingerprint density at radius 1 is 0.719 bits per heavy atom. The standard InChI is InChI=1S/C29H35BO2/c1-28(2)29(3,4)32-30(31-28)21-9-10-23-22-7-5-6-8-24(22)27(25(23)16-21)26-19-12-17-11-18(14-19)15-20(26)13-17/h5-10,16-20,26-27H,11-15H2,1-4H3. The van der Waals surface area contributed by atoms with E-state index >= 15 is 0 Å². The molecule has 166 valence electrons. The van der Waals surface area contributed by atoms with Crippen LogP contribution in [0.5, 0.6) is 0 Å². The Labute approximate surface area is 193 Å². The fourth-order valence-electron chi connectivity index (χ4n) is 8.32. The maximum atomic E-state index is 6.44. The van der Waals surface area contributed by atoms with Crippen molar-refractivity contribution < 1.29 is 9.31 Å². The average Bonchev–Trinajstić information content (AvgIpc) is 3.17. The number of benzene rings is 2. The molecule has 0 N–H and O–H groups in total. The van der Waals surface area contributed by atoms with Crippen LogP contribution in [0.3, 0.4) is 0 Å². The lowest BCUT2D eigenvalue weighted by Gasteiger charge is -2.56. The van der Waals surface area contributed by atoms with Crippen LogP contribution in [0.25, 0.3) is 11.1 Å². The first kappa shape index (κ1) is 19.9. The van der Waals surface area contributed by atoms with Gasteiger partial charge in [0.15, 0.2) is 0 Å². The van der Waals surface area contributed by atoms with Gasteiger partial charge in [-0.25, -0.2) is 0 Å². The van der Waals surface area contributed by atoms with Crippen molar-refractivity contribution in [1.82, 2.24) is 0 Å². The van der Waals surface area contributed by atoms with Gasteiger partial charge in [0.05, 0.1) is 11.2 Å². The van der Waals surface area contributed by atoms with E-state index < -0.39 is 0 Å². The lowest BCUT2D eigenvalue weighted by atomic mass is 9.49. The molecule has 3 heteroatoms. The fraction of sp³-hybridized carbons (Fsp3) is 0.586. The highest BCUT2D eigenvalue weighted by Crippen LogP contribution is 2.63. The summed E-state index contributed by atoms with van der Waals surface area (Å²) in [7, 11) is -0.284. The Kier molecular flexibility index (Phi) is 4.04. The molecular formula is C29H35BO2. The van der Waals surface area contributed by atoms with Crippen LogP contribution in [0.4, 0.5) is 0 Å². The molecule has 0 spiro atoms. The molecule has 5 fully saturated rings. The van der Waals surface area contributed by atoms with Crippen molar-refractivity contribution in [3.05, 3.63) is 53.6 Å². The first-order valence-electron chi connectivity index (χ1n) is 12.9. The molecule has 1 aliphatic heterocycles. The number of hydrogen-bond acceptors (Lipinski definition) is 2. The molecule has 1 heterocycles. The third kappa shape index (κ3) is 2.67. The van der Waals surface area contributed by atoms with Gasteiger partial charge in [-0.2, -0.15) is 0 Å². The topological polar surface area (TPSA) is 18.5 Å². The van der Waals surface area contributed by atoms with E-state index in [-0.39, 0.29) is 18.3 Å². The van der Waals surface area contributed by atoms with E-state index in [1.807, 2.05) is 0 Å². The van der Waals surface area contributed by atoms with Crippen molar-refractivity contribution >= 4 is 12.6 Å². The fourth-order valence-corrected chi connectivity index (χ4v) is 8.32. The maximum absolute atomic E-state index is 6.44. The minimum atomic E-state index is -0.305. The van der Waals surface area contributed by atoms with E-state index in [0.29, 0.717) is 5.92 Å². The molecule has 0 radical (unpaired) electrons. The van der Waals surface area contributed by atoms with E-state index in [1.165, 1.54) is 54.3 Å². The summed E-state index contributed by atoms with van der Waals surface area (Å²) in [5, 5.41) is 0. The molecular weight excluding hydrogens is 391 g/mol. The van der Waals surface area contributed by atoms with Gasteiger partial charge in [-0.3, -0.25) is 0 Å². The number of fused-ring (bicyclic) bond motifs is 3. The van der Waals surface area contributed by atoms with E-state index in [1.54, 1.807) is 5.56 Å². The summed E-state index contributed by atoms with van der Waals surface area (Å²) in [6.07, 6.45) is 7.42. The van der Waals surface area contributed by atoms with Crippen molar-refractivity contribution in [2.24, 2.45) is 29.6 Å². The molecule has 4 saturated carbocycles. The summed E-state index contributed by atoms with van der Waals surface area (Å²) in [4.78, 5) is 0. The Hall–Kier alpha value is -1.58. The highest BCUT2D eigenvalue weighted by molar-refractivity contribution is 6.62. The third-order valence-corrected chi connectivity index (χ3v) is 10.2. The predicted molar refractivity (Wildman–Crippen MR) is 130 cm³/mol. The molecule has 2 aromatic rings. The zero-order chi connectivity index (χ0) is 21.8. The van der Waals surface area contributed by atoms with Crippen molar-refractivity contribution in [2.45, 2.75) is 76.9 Å². The second kappa shape index (κ2) is 6.51. The lowest BCUT2D eigenvalue weighted by molar-refractivity contribution is -0.0424. The van der Waals surface area contributed by atoms with Gasteiger partial charge in [-0.05, 0) is 117 Å².